The van der Waals surface area contributed by atoms with Gasteiger partial charge in [0.2, 0.25) is 0 Å². The highest BCUT2D eigenvalue weighted by Crippen LogP contribution is 2.25. The number of hydrogen-bond donors (Lipinski definition) is 1. The average molecular weight is 491 g/mol. The molecule has 178 valence electrons. The van der Waals surface area contributed by atoms with E-state index in [1.165, 1.54) is 43.5 Å². The predicted molar refractivity (Wildman–Crippen MR) is 131 cm³/mol. The molecular weight excluding hydrogens is 468 g/mol. The Morgan fingerprint density at radius 1 is 0.686 bits per heavy atom. The summed E-state index contributed by atoms with van der Waals surface area (Å²) in [4.78, 5) is 12.9. The summed E-state index contributed by atoms with van der Waals surface area (Å²) in [6.45, 7) is 0. The Bertz CT molecular complexity index is 1360. The second-order valence-corrected chi connectivity index (χ2v) is 8.96. The minimum atomic E-state index is -4.32. The summed E-state index contributed by atoms with van der Waals surface area (Å²) in [6, 6.07) is 29.5. The molecule has 1 amide bonds. The van der Waals surface area contributed by atoms with Crippen molar-refractivity contribution in [1.29, 1.82) is 0 Å². The molecule has 4 aromatic carbocycles. The van der Waals surface area contributed by atoms with Gasteiger partial charge in [-0.2, -0.15) is 8.42 Å². The highest BCUT2D eigenvalue weighted by Gasteiger charge is 2.32. The lowest BCUT2D eigenvalue weighted by atomic mass is 10.3. The first kappa shape index (κ1) is 23.7. The van der Waals surface area contributed by atoms with Crippen molar-refractivity contribution in [1.82, 2.24) is 4.41 Å². The zero-order chi connectivity index (χ0) is 24.7. The van der Waals surface area contributed by atoms with E-state index in [0.717, 1.165) is 0 Å². The van der Waals surface area contributed by atoms with Crippen molar-refractivity contribution < 1.29 is 27.4 Å². The molecule has 1 N–H and O–H groups in total. The van der Waals surface area contributed by atoms with E-state index in [0.29, 0.717) is 27.4 Å². The molecule has 0 heterocycles. The first-order valence-corrected chi connectivity index (χ1v) is 12.0. The first-order valence-electron chi connectivity index (χ1n) is 10.5. The van der Waals surface area contributed by atoms with Gasteiger partial charge in [-0.05, 0) is 72.8 Å². The van der Waals surface area contributed by atoms with Gasteiger partial charge in [-0.25, -0.2) is 4.79 Å². The fourth-order valence-corrected chi connectivity index (χ4v) is 4.18. The predicted octanol–water partition coefficient (Wildman–Crippen LogP) is 5.70. The number of anilines is 1. The van der Waals surface area contributed by atoms with E-state index in [1.54, 1.807) is 42.5 Å². The largest absolute Gasteiger partial charge is 0.497 e. The van der Waals surface area contributed by atoms with Crippen molar-refractivity contribution in [3.05, 3.63) is 109 Å². The van der Waals surface area contributed by atoms with Crippen LogP contribution in [0.4, 0.5) is 10.5 Å². The average Bonchev–Trinajstić information content (AvgIpc) is 2.89. The number of nitrogens with one attached hydrogen (secondary N) is 1. The summed E-state index contributed by atoms with van der Waals surface area (Å²) >= 11 is 0. The van der Waals surface area contributed by atoms with E-state index in [2.05, 4.69) is 5.43 Å². The Hall–Kier alpha value is -4.50. The molecule has 0 bridgehead atoms. The lowest BCUT2D eigenvalue weighted by Crippen LogP contribution is -2.43. The van der Waals surface area contributed by atoms with Crippen LogP contribution in [0.1, 0.15) is 0 Å². The topological polar surface area (TPSA) is 94.2 Å². The van der Waals surface area contributed by atoms with Crippen molar-refractivity contribution in [3.8, 4) is 23.0 Å². The van der Waals surface area contributed by atoms with Gasteiger partial charge in [0, 0.05) is 0 Å². The van der Waals surface area contributed by atoms with Crippen LogP contribution in [0.25, 0.3) is 0 Å². The van der Waals surface area contributed by atoms with E-state index >= 15 is 0 Å². The van der Waals surface area contributed by atoms with Crippen molar-refractivity contribution in [2.45, 2.75) is 4.90 Å². The van der Waals surface area contributed by atoms with Crippen LogP contribution in [0.3, 0.4) is 0 Å². The standard InChI is InChI=1S/C26H22N2O6S/c1-32-21-16-18-25(19-17-21)35(30,31)28(27-20-8-4-2-5-9-20)26(29)34-24-14-12-23(13-15-24)33-22-10-6-3-7-11-22/h2-19,27H,1H3. The molecule has 0 aliphatic heterocycles. The number of sulfonamides is 1. The fourth-order valence-electron chi connectivity index (χ4n) is 3.03. The number of nitrogens with zero attached hydrogens (tertiary/aromatic N) is 1. The van der Waals surface area contributed by atoms with Gasteiger partial charge in [0.15, 0.2) is 0 Å². The molecule has 0 aliphatic rings. The smallest absolute Gasteiger partial charge is 0.449 e. The molecule has 0 spiro atoms. The Morgan fingerprint density at radius 2 is 1.20 bits per heavy atom. The minimum Gasteiger partial charge on any atom is -0.497 e. The van der Waals surface area contributed by atoms with Crippen LogP contribution in [-0.4, -0.2) is 26.0 Å². The Labute approximate surface area is 203 Å². The van der Waals surface area contributed by atoms with Gasteiger partial charge in [-0.15, -0.1) is 4.41 Å². The zero-order valence-electron chi connectivity index (χ0n) is 18.7. The molecule has 0 aliphatic carbocycles. The number of carbonyl (C=O) groups excluding carboxylic acids is 1. The van der Waals surface area contributed by atoms with Crippen LogP contribution in [0.2, 0.25) is 0 Å². The monoisotopic (exact) mass is 490 g/mol. The van der Waals surface area contributed by atoms with Crippen LogP contribution >= 0.6 is 0 Å². The Kier molecular flexibility index (Phi) is 7.18. The third-order valence-electron chi connectivity index (χ3n) is 4.78. The molecule has 0 fully saturated rings. The maximum Gasteiger partial charge on any atom is 0.449 e. The molecule has 4 rings (SSSR count). The van der Waals surface area contributed by atoms with E-state index in [1.807, 2.05) is 30.3 Å². The van der Waals surface area contributed by atoms with Crippen molar-refractivity contribution >= 4 is 21.8 Å². The van der Waals surface area contributed by atoms with E-state index in [-0.39, 0.29) is 10.6 Å². The molecule has 0 radical (unpaired) electrons. The highest BCUT2D eigenvalue weighted by molar-refractivity contribution is 7.89. The maximum absolute atomic E-state index is 13.3. The number of amides is 1. The highest BCUT2D eigenvalue weighted by atomic mass is 32.2. The van der Waals surface area contributed by atoms with Crippen LogP contribution < -0.4 is 19.6 Å². The van der Waals surface area contributed by atoms with Gasteiger partial charge >= 0.3 is 6.09 Å². The zero-order valence-corrected chi connectivity index (χ0v) is 19.5. The van der Waals surface area contributed by atoms with Gasteiger partial charge < -0.3 is 14.2 Å². The lowest BCUT2D eigenvalue weighted by molar-refractivity contribution is 0.184. The number of ether oxygens (including phenoxy) is 3. The number of hydrogen-bond acceptors (Lipinski definition) is 7. The van der Waals surface area contributed by atoms with Gasteiger partial charge in [0.05, 0.1) is 17.7 Å². The Morgan fingerprint density at radius 3 is 1.80 bits per heavy atom. The van der Waals surface area contributed by atoms with Crippen molar-refractivity contribution in [3.63, 3.8) is 0 Å². The van der Waals surface area contributed by atoms with Gasteiger partial charge in [-0.3, -0.25) is 5.43 Å². The molecule has 0 saturated carbocycles. The number of methoxy groups -OCH3 is 1. The Balaban J connectivity index is 1.56. The van der Waals surface area contributed by atoms with E-state index in [4.69, 9.17) is 14.2 Å². The molecular formula is C26H22N2O6S. The number of hydrazine groups is 1. The van der Waals surface area contributed by atoms with Crippen LogP contribution in [-0.2, 0) is 10.0 Å². The SMILES string of the molecule is COc1ccc(S(=O)(=O)N(Nc2ccccc2)C(=O)Oc2ccc(Oc3ccccc3)cc2)cc1. The van der Waals surface area contributed by atoms with E-state index < -0.39 is 16.1 Å². The van der Waals surface area contributed by atoms with Gasteiger partial charge in [-0.1, -0.05) is 36.4 Å². The summed E-state index contributed by atoms with van der Waals surface area (Å²) in [6.07, 6.45) is -1.14. The van der Waals surface area contributed by atoms with Crippen LogP contribution in [0.5, 0.6) is 23.0 Å². The number of benzene rings is 4. The summed E-state index contributed by atoms with van der Waals surface area (Å²) in [5, 5.41) is 0. The van der Waals surface area contributed by atoms with Gasteiger partial charge in [0.25, 0.3) is 10.0 Å². The maximum atomic E-state index is 13.3. The number of para-hydroxylation sites is 2. The second kappa shape index (κ2) is 10.6. The minimum absolute atomic E-state index is 0.120. The summed E-state index contributed by atoms with van der Waals surface area (Å²) in [5.74, 6) is 1.80. The molecule has 0 saturated heterocycles. The molecule has 8 nitrogen and oxygen atoms in total. The summed E-state index contributed by atoms with van der Waals surface area (Å²) < 4.78 is 43.3. The van der Waals surface area contributed by atoms with Crippen LogP contribution in [0.15, 0.2) is 114 Å². The molecule has 0 aromatic heterocycles. The van der Waals surface area contributed by atoms with Crippen LogP contribution in [0, 0.1) is 0 Å². The normalized spacial score (nSPS) is 10.8. The molecule has 0 atom stereocenters. The molecule has 9 heteroatoms. The van der Waals surface area contributed by atoms with Crippen molar-refractivity contribution in [2.24, 2.45) is 0 Å². The first-order chi connectivity index (χ1) is 17.0. The second-order valence-electron chi connectivity index (χ2n) is 7.18. The number of carbonyl (C=O) groups is 1. The quantitative estimate of drug-likeness (QED) is 0.316. The molecule has 0 unspecified atom stereocenters. The fraction of sp³-hybridized carbons (Fsp3) is 0.0385. The third kappa shape index (κ3) is 5.90. The van der Waals surface area contributed by atoms with E-state index in [9.17, 15) is 13.2 Å². The molecule has 35 heavy (non-hydrogen) atoms. The lowest BCUT2D eigenvalue weighted by Gasteiger charge is -2.23. The third-order valence-corrected chi connectivity index (χ3v) is 6.36. The molecule has 4 aromatic rings. The van der Waals surface area contributed by atoms with Gasteiger partial charge in [0.1, 0.15) is 23.0 Å². The number of rotatable bonds is 8. The summed E-state index contributed by atoms with van der Waals surface area (Å²) in [5.41, 5.74) is 3.01. The van der Waals surface area contributed by atoms with Crippen molar-refractivity contribution in [2.75, 3.05) is 12.5 Å². The summed E-state index contributed by atoms with van der Waals surface area (Å²) in [7, 11) is -2.85.